The van der Waals surface area contributed by atoms with E-state index >= 15 is 0 Å². The number of hydrogen-bond acceptors (Lipinski definition) is 5. The van der Waals surface area contributed by atoms with Gasteiger partial charge in [-0.2, -0.15) is 0 Å². The number of ether oxygens (including phenoxy) is 1. The molecule has 0 saturated heterocycles. The van der Waals surface area contributed by atoms with E-state index in [0.29, 0.717) is 17.5 Å². The van der Waals surface area contributed by atoms with Gasteiger partial charge in [0.05, 0.1) is 13.7 Å². The van der Waals surface area contributed by atoms with Crippen molar-refractivity contribution in [2.45, 2.75) is 5.16 Å². The number of hydrogen-bond donors (Lipinski definition) is 0. The van der Waals surface area contributed by atoms with Crippen molar-refractivity contribution < 1.29 is 9.66 Å². The Morgan fingerprint density at radius 1 is 1.42 bits per heavy atom. The summed E-state index contributed by atoms with van der Waals surface area (Å²) in [7, 11) is 1.63. The van der Waals surface area contributed by atoms with Gasteiger partial charge in [-0.25, -0.2) is 9.55 Å². The lowest BCUT2D eigenvalue weighted by atomic mass is 10.3. The zero-order valence-corrected chi connectivity index (χ0v) is 11.2. The Labute approximate surface area is 114 Å². The maximum absolute atomic E-state index is 10.7. The lowest BCUT2D eigenvalue weighted by Gasteiger charge is -2.04. The van der Waals surface area contributed by atoms with Gasteiger partial charge in [-0.05, 0) is 17.1 Å². The maximum Gasteiger partial charge on any atom is 0.343 e. The Morgan fingerprint density at radius 3 is 2.79 bits per heavy atom. The average molecular weight is 279 g/mol. The molecule has 0 aliphatic rings. The number of para-hydroxylation sites is 1. The van der Waals surface area contributed by atoms with Crippen LogP contribution in [0, 0.1) is 10.1 Å². The molecule has 1 aromatic carbocycles. The van der Waals surface area contributed by atoms with E-state index in [1.54, 1.807) is 7.05 Å². The largest absolute Gasteiger partial charge is 0.493 e. The van der Waals surface area contributed by atoms with Crippen LogP contribution in [0.25, 0.3) is 0 Å². The molecular weight excluding hydrogens is 266 g/mol. The summed E-state index contributed by atoms with van der Waals surface area (Å²) in [4.78, 5) is 14.2. The lowest BCUT2D eigenvalue weighted by molar-refractivity contribution is -0.392. The van der Waals surface area contributed by atoms with Gasteiger partial charge in [0.2, 0.25) is 0 Å². The van der Waals surface area contributed by atoms with E-state index in [1.165, 1.54) is 22.5 Å². The molecule has 1 aromatic heterocycles. The van der Waals surface area contributed by atoms with Gasteiger partial charge in [-0.3, -0.25) is 0 Å². The molecule has 0 amide bonds. The van der Waals surface area contributed by atoms with Gasteiger partial charge in [0, 0.05) is 5.75 Å². The van der Waals surface area contributed by atoms with Crippen LogP contribution in [0.1, 0.15) is 0 Å². The molecular formula is C12H13N3O3S. The highest BCUT2D eigenvalue weighted by atomic mass is 32.2. The van der Waals surface area contributed by atoms with Crippen LogP contribution in [-0.4, -0.2) is 26.8 Å². The number of rotatable bonds is 6. The molecule has 0 atom stereocenters. The number of benzene rings is 1. The first-order chi connectivity index (χ1) is 9.18. The third-order valence-corrected chi connectivity index (χ3v) is 3.44. The van der Waals surface area contributed by atoms with Crippen molar-refractivity contribution in [3.05, 3.63) is 46.6 Å². The van der Waals surface area contributed by atoms with Gasteiger partial charge in [0.25, 0.3) is 5.16 Å². The molecule has 0 N–H and O–H groups in total. The molecule has 0 aliphatic heterocycles. The fourth-order valence-electron chi connectivity index (χ4n) is 1.50. The number of nitro groups is 1. The fourth-order valence-corrected chi connectivity index (χ4v) is 2.26. The highest BCUT2D eigenvalue weighted by Crippen LogP contribution is 2.21. The molecule has 0 unspecified atom stereocenters. The van der Waals surface area contributed by atoms with Gasteiger partial charge >= 0.3 is 5.82 Å². The third kappa shape index (κ3) is 3.47. The zero-order valence-electron chi connectivity index (χ0n) is 10.4. The molecule has 19 heavy (non-hydrogen) atoms. The summed E-state index contributed by atoms with van der Waals surface area (Å²) in [6.07, 6.45) is 1.26. The second-order valence-electron chi connectivity index (χ2n) is 3.73. The normalized spacial score (nSPS) is 10.4. The number of nitrogens with zero attached hydrogens (tertiary/aromatic N) is 3. The summed E-state index contributed by atoms with van der Waals surface area (Å²) >= 11 is 1.43. The fraction of sp³-hybridized carbons (Fsp3) is 0.250. The zero-order chi connectivity index (χ0) is 13.7. The average Bonchev–Trinajstić information content (AvgIpc) is 2.77. The molecule has 1 heterocycles. The number of imidazole rings is 1. The maximum atomic E-state index is 10.7. The highest BCUT2D eigenvalue weighted by Gasteiger charge is 2.16. The first kappa shape index (κ1) is 13.4. The van der Waals surface area contributed by atoms with Crippen molar-refractivity contribution >= 4 is 17.6 Å². The molecule has 0 aliphatic carbocycles. The molecule has 0 fully saturated rings. The first-order valence-electron chi connectivity index (χ1n) is 5.65. The van der Waals surface area contributed by atoms with E-state index in [1.807, 2.05) is 30.3 Å². The van der Waals surface area contributed by atoms with Gasteiger partial charge in [0.1, 0.15) is 11.9 Å². The Kier molecular flexibility index (Phi) is 4.40. The van der Waals surface area contributed by atoms with Crippen molar-refractivity contribution in [3.8, 4) is 5.75 Å². The van der Waals surface area contributed by atoms with Gasteiger partial charge < -0.3 is 14.9 Å². The van der Waals surface area contributed by atoms with E-state index in [2.05, 4.69) is 4.98 Å². The minimum atomic E-state index is -0.447. The molecule has 0 bridgehead atoms. The van der Waals surface area contributed by atoms with E-state index in [9.17, 15) is 10.1 Å². The molecule has 0 radical (unpaired) electrons. The topological polar surface area (TPSA) is 70.2 Å². The smallest absolute Gasteiger partial charge is 0.343 e. The molecule has 0 saturated carbocycles. The minimum absolute atomic E-state index is 0.00789. The standard InChI is InChI=1S/C12H13N3O3S/c1-14-11(15(16)17)9-13-12(14)19-8-7-18-10-5-3-2-4-6-10/h2-6,9H,7-8H2,1H3. The first-order valence-corrected chi connectivity index (χ1v) is 6.64. The van der Waals surface area contributed by atoms with Crippen molar-refractivity contribution in [2.75, 3.05) is 12.4 Å². The van der Waals surface area contributed by atoms with Crippen LogP contribution < -0.4 is 4.74 Å². The molecule has 2 rings (SSSR count). The number of thioether (sulfide) groups is 1. The van der Waals surface area contributed by atoms with Crippen LogP contribution in [0.5, 0.6) is 5.75 Å². The predicted molar refractivity (Wildman–Crippen MR) is 72.5 cm³/mol. The molecule has 0 spiro atoms. The van der Waals surface area contributed by atoms with E-state index in [-0.39, 0.29) is 5.82 Å². The van der Waals surface area contributed by atoms with E-state index < -0.39 is 4.92 Å². The van der Waals surface area contributed by atoms with Crippen LogP contribution in [0.4, 0.5) is 5.82 Å². The quantitative estimate of drug-likeness (QED) is 0.351. The van der Waals surface area contributed by atoms with Crippen molar-refractivity contribution in [2.24, 2.45) is 7.05 Å². The van der Waals surface area contributed by atoms with E-state index in [0.717, 1.165) is 5.75 Å². The Morgan fingerprint density at radius 2 is 2.16 bits per heavy atom. The summed E-state index contributed by atoms with van der Waals surface area (Å²) < 4.78 is 7.00. The van der Waals surface area contributed by atoms with Crippen LogP contribution in [0.2, 0.25) is 0 Å². The molecule has 2 aromatic rings. The summed E-state index contributed by atoms with van der Waals surface area (Å²) in [5, 5.41) is 11.3. The van der Waals surface area contributed by atoms with E-state index in [4.69, 9.17) is 4.74 Å². The van der Waals surface area contributed by atoms with Gasteiger partial charge in [0.15, 0.2) is 0 Å². The summed E-state index contributed by atoms with van der Waals surface area (Å²) in [6.45, 7) is 0.523. The Balaban J connectivity index is 1.82. The van der Waals surface area contributed by atoms with Crippen LogP contribution in [-0.2, 0) is 7.05 Å². The SMILES string of the molecule is Cn1c([N+](=O)[O-])cnc1SCCOc1ccccc1. The third-order valence-electron chi connectivity index (χ3n) is 2.43. The molecule has 7 heteroatoms. The van der Waals surface area contributed by atoms with Crippen LogP contribution in [0.3, 0.4) is 0 Å². The van der Waals surface area contributed by atoms with Crippen LogP contribution in [0.15, 0.2) is 41.7 Å². The minimum Gasteiger partial charge on any atom is -0.493 e. The van der Waals surface area contributed by atoms with Crippen LogP contribution >= 0.6 is 11.8 Å². The van der Waals surface area contributed by atoms with Crippen molar-refractivity contribution in [3.63, 3.8) is 0 Å². The summed E-state index contributed by atoms with van der Waals surface area (Å²) in [5.74, 6) is 1.48. The molecule has 6 nitrogen and oxygen atoms in total. The van der Waals surface area contributed by atoms with Gasteiger partial charge in [-0.15, -0.1) is 0 Å². The van der Waals surface area contributed by atoms with Gasteiger partial charge in [-0.1, -0.05) is 30.0 Å². The van der Waals surface area contributed by atoms with Crippen molar-refractivity contribution in [1.29, 1.82) is 0 Å². The monoisotopic (exact) mass is 279 g/mol. The molecule has 100 valence electrons. The lowest BCUT2D eigenvalue weighted by Crippen LogP contribution is -2.02. The Hall–Kier alpha value is -2.02. The predicted octanol–water partition coefficient (Wildman–Crippen LogP) is 2.50. The second kappa shape index (κ2) is 6.24. The second-order valence-corrected chi connectivity index (χ2v) is 4.79. The summed E-state index contributed by atoms with van der Waals surface area (Å²) in [6, 6.07) is 9.51. The number of aromatic nitrogens is 2. The van der Waals surface area contributed by atoms with Crippen molar-refractivity contribution in [1.82, 2.24) is 9.55 Å². The summed E-state index contributed by atoms with van der Waals surface area (Å²) in [5.41, 5.74) is 0. The Bertz CT molecular complexity index is 557. The highest BCUT2D eigenvalue weighted by molar-refractivity contribution is 7.99.